The van der Waals surface area contributed by atoms with Gasteiger partial charge in [-0.1, -0.05) is 54.0 Å². The van der Waals surface area contributed by atoms with Gasteiger partial charge < -0.3 is 0 Å². The van der Waals surface area contributed by atoms with Crippen LogP contribution in [0.15, 0.2) is 24.3 Å². The van der Waals surface area contributed by atoms with Gasteiger partial charge in [0.1, 0.15) is 0 Å². The summed E-state index contributed by atoms with van der Waals surface area (Å²) in [6, 6.07) is 7.09. The number of fused-ring (bicyclic) bond motifs is 1. The second-order valence-electron chi connectivity index (χ2n) is 5.90. The number of ketones is 2. The maximum absolute atomic E-state index is 12.5. The lowest BCUT2D eigenvalue weighted by Crippen LogP contribution is -2.44. The maximum atomic E-state index is 12.5. The molecule has 0 spiro atoms. The van der Waals surface area contributed by atoms with Gasteiger partial charge >= 0.3 is 0 Å². The Hall–Kier alpha value is -0.960. The van der Waals surface area contributed by atoms with Gasteiger partial charge in [0.15, 0.2) is 11.6 Å². The van der Waals surface area contributed by atoms with Crippen LogP contribution < -0.4 is 0 Å². The molecule has 3 heteroatoms. The summed E-state index contributed by atoms with van der Waals surface area (Å²) in [6.07, 6.45) is 0. The third-order valence-corrected chi connectivity index (χ3v) is 5.26. The Labute approximate surface area is 116 Å². The highest BCUT2D eigenvalue weighted by molar-refractivity contribution is 9.10. The van der Waals surface area contributed by atoms with Gasteiger partial charge in [0.25, 0.3) is 0 Å². The fraction of sp³-hybridized carbons (Fsp3) is 0.467. The second kappa shape index (κ2) is 4.02. The predicted octanol–water partition coefficient (Wildman–Crippen LogP) is 3.88. The van der Waals surface area contributed by atoms with Crippen molar-refractivity contribution in [1.82, 2.24) is 0 Å². The van der Waals surface area contributed by atoms with Gasteiger partial charge in [-0.3, -0.25) is 9.59 Å². The second-order valence-corrected chi connectivity index (χ2v) is 7.88. The molecule has 0 amide bonds. The highest BCUT2D eigenvalue weighted by atomic mass is 79.9. The number of rotatable bonds is 2. The molecular formula is C15H17BrO2. The molecule has 1 aromatic carbocycles. The van der Waals surface area contributed by atoms with Crippen molar-refractivity contribution in [3.63, 3.8) is 0 Å². The summed E-state index contributed by atoms with van der Waals surface area (Å²) in [5.41, 5.74) is 0.690. The molecule has 2 nitrogen and oxygen atoms in total. The van der Waals surface area contributed by atoms with Crippen LogP contribution in [-0.4, -0.2) is 15.9 Å². The highest BCUT2D eigenvalue weighted by Gasteiger charge is 2.52. The molecule has 1 aliphatic carbocycles. The summed E-state index contributed by atoms with van der Waals surface area (Å²) in [7, 11) is 0. The van der Waals surface area contributed by atoms with Gasteiger partial charge in [0, 0.05) is 15.5 Å². The number of Topliss-reactive ketones (excluding diaryl/α,β-unsaturated/α-hetero) is 2. The van der Waals surface area contributed by atoms with Crippen LogP contribution in [0.1, 0.15) is 48.4 Å². The zero-order valence-electron chi connectivity index (χ0n) is 11.1. The molecule has 0 atom stereocenters. The van der Waals surface area contributed by atoms with E-state index in [0.717, 1.165) is 0 Å². The summed E-state index contributed by atoms with van der Waals surface area (Å²) in [6.45, 7) is 7.93. The number of carbonyl (C=O) groups excluding carboxylic acids is 2. The van der Waals surface area contributed by atoms with Gasteiger partial charge in [-0.25, -0.2) is 0 Å². The summed E-state index contributed by atoms with van der Waals surface area (Å²) in [4.78, 5) is 24.9. The van der Waals surface area contributed by atoms with E-state index in [1.165, 1.54) is 0 Å². The first-order valence-electron chi connectivity index (χ1n) is 6.04. The quantitative estimate of drug-likeness (QED) is 0.613. The van der Waals surface area contributed by atoms with Crippen molar-refractivity contribution >= 4 is 27.5 Å². The molecular weight excluding hydrogens is 292 g/mol. The lowest BCUT2D eigenvalue weighted by atomic mass is 9.68. The predicted molar refractivity (Wildman–Crippen MR) is 75.4 cm³/mol. The monoisotopic (exact) mass is 308 g/mol. The minimum absolute atomic E-state index is 0.0480. The molecule has 0 saturated carbocycles. The number of benzene rings is 1. The van der Waals surface area contributed by atoms with Gasteiger partial charge in [-0.2, -0.15) is 0 Å². The van der Waals surface area contributed by atoms with Crippen LogP contribution in [0.3, 0.4) is 0 Å². The molecule has 96 valence electrons. The highest BCUT2D eigenvalue weighted by Crippen LogP contribution is 2.48. The lowest BCUT2D eigenvalue weighted by Gasteiger charge is -2.40. The summed E-state index contributed by atoms with van der Waals surface area (Å²) >= 11 is 3.61. The summed E-state index contributed by atoms with van der Waals surface area (Å²) < 4.78 is -0.294. The van der Waals surface area contributed by atoms with Crippen LogP contribution >= 0.6 is 15.9 Å². The van der Waals surface area contributed by atoms with E-state index in [1.807, 2.05) is 27.7 Å². The molecule has 1 aliphatic rings. The van der Waals surface area contributed by atoms with Gasteiger partial charge in [-0.05, 0) is 19.3 Å². The van der Waals surface area contributed by atoms with Crippen molar-refractivity contribution < 1.29 is 9.59 Å². The standard InChI is InChI=1S/C15H17BrO2/c1-14(2,15(3,4)16)11-12(17)9-7-5-6-8-10(9)13(11)18/h5-8,11H,1-4H3. The van der Waals surface area contributed by atoms with Gasteiger partial charge in [0.05, 0.1) is 5.92 Å². The van der Waals surface area contributed by atoms with E-state index in [-0.39, 0.29) is 15.9 Å². The SMILES string of the molecule is CC(C)(Br)C(C)(C)C1C(=O)c2ccccc2C1=O. The first-order valence-corrected chi connectivity index (χ1v) is 6.83. The van der Waals surface area contributed by atoms with Crippen LogP contribution in [0.5, 0.6) is 0 Å². The fourth-order valence-electron chi connectivity index (χ4n) is 2.34. The van der Waals surface area contributed by atoms with Crippen molar-refractivity contribution in [1.29, 1.82) is 0 Å². The van der Waals surface area contributed by atoms with Crippen molar-refractivity contribution in [2.45, 2.75) is 32.0 Å². The molecule has 0 aliphatic heterocycles. The first kappa shape index (κ1) is 13.5. The molecule has 0 bridgehead atoms. The molecule has 0 N–H and O–H groups in total. The Morgan fingerprint density at radius 1 is 0.944 bits per heavy atom. The van der Waals surface area contributed by atoms with E-state index in [9.17, 15) is 9.59 Å². The largest absolute Gasteiger partial charge is 0.293 e. The molecule has 0 saturated heterocycles. The third kappa shape index (κ3) is 1.76. The molecule has 1 aromatic rings. The lowest BCUT2D eigenvalue weighted by molar-refractivity contribution is 0.0665. The number of alkyl halides is 1. The Bertz CT molecular complexity index is 489. The summed E-state index contributed by atoms with van der Waals surface area (Å²) in [5, 5.41) is 0. The molecule has 0 aromatic heterocycles. The molecule has 18 heavy (non-hydrogen) atoms. The number of halogens is 1. The van der Waals surface area contributed by atoms with Gasteiger partial charge in [0.2, 0.25) is 0 Å². The Balaban J connectivity index is 2.53. The minimum atomic E-state index is -0.593. The number of hydrogen-bond acceptors (Lipinski definition) is 2. The smallest absolute Gasteiger partial charge is 0.175 e. The first-order chi connectivity index (χ1) is 8.18. The maximum Gasteiger partial charge on any atom is 0.175 e. The average molecular weight is 309 g/mol. The van der Waals surface area contributed by atoms with E-state index in [1.54, 1.807) is 24.3 Å². The van der Waals surface area contributed by atoms with Crippen LogP contribution in [0.2, 0.25) is 0 Å². The number of carbonyl (C=O) groups is 2. The van der Waals surface area contributed by atoms with Crippen molar-refractivity contribution in [3.05, 3.63) is 35.4 Å². The van der Waals surface area contributed by atoms with Crippen molar-refractivity contribution in [3.8, 4) is 0 Å². The average Bonchev–Trinajstić information content (AvgIpc) is 2.51. The zero-order valence-corrected chi connectivity index (χ0v) is 12.7. The normalized spacial score (nSPS) is 17.2. The van der Waals surface area contributed by atoms with E-state index >= 15 is 0 Å². The van der Waals surface area contributed by atoms with E-state index < -0.39 is 11.3 Å². The topological polar surface area (TPSA) is 34.1 Å². The van der Waals surface area contributed by atoms with E-state index in [2.05, 4.69) is 15.9 Å². The zero-order chi connectivity index (χ0) is 13.7. The number of hydrogen-bond donors (Lipinski definition) is 0. The van der Waals surface area contributed by atoms with Gasteiger partial charge in [-0.15, -0.1) is 0 Å². The Morgan fingerprint density at radius 2 is 1.33 bits per heavy atom. The van der Waals surface area contributed by atoms with Crippen molar-refractivity contribution in [2.75, 3.05) is 0 Å². The molecule has 0 fully saturated rings. The molecule has 2 rings (SSSR count). The molecule has 0 radical (unpaired) electrons. The van der Waals surface area contributed by atoms with Crippen LogP contribution in [0, 0.1) is 11.3 Å². The minimum Gasteiger partial charge on any atom is -0.293 e. The fourth-order valence-corrected chi connectivity index (χ4v) is 2.57. The van der Waals surface area contributed by atoms with Crippen LogP contribution in [0.25, 0.3) is 0 Å². The van der Waals surface area contributed by atoms with E-state index in [0.29, 0.717) is 11.1 Å². The van der Waals surface area contributed by atoms with Crippen LogP contribution in [0.4, 0.5) is 0 Å². The van der Waals surface area contributed by atoms with Crippen molar-refractivity contribution in [2.24, 2.45) is 11.3 Å². The molecule has 0 unspecified atom stereocenters. The van der Waals surface area contributed by atoms with Crippen LogP contribution in [-0.2, 0) is 0 Å². The Morgan fingerprint density at radius 3 is 1.67 bits per heavy atom. The molecule has 0 heterocycles. The summed E-state index contributed by atoms with van der Waals surface area (Å²) in [5.74, 6) is -0.689. The third-order valence-electron chi connectivity index (χ3n) is 4.24. The van der Waals surface area contributed by atoms with E-state index in [4.69, 9.17) is 0 Å². The Kier molecular flexibility index (Phi) is 3.01.